The van der Waals surface area contributed by atoms with Crippen LogP contribution in [-0.4, -0.2) is 26.8 Å². The largest absolute Gasteiger partial charge is 0.329 e. The van der Waals surface area contributed by atoms with Gasteiger partial charge in [0.25, 0.3) is 11.5 Å². The van der Waals surface area contributed by atoms with Gasteiger partial charge in [0.2, 0.25) is 0 Å². The number of rotatable bonds is 4. The van der Waals surface area contributed by atoms with Crippen molar-refractivity contribution in [2.24, 2.45) is 0 Å². The number of nitrogens with one attached hydrogen (secondary N) is 1. The van der Waals surface area contributed by atoms with E-state index < -0.39 is 5.82 Å². The molecule has 0 bridgehead atoms. The predicted molar refractivity (Wildman–Crippen MR) is 101 cm³/mol. The van der Waals surface area contributed by atoms with Crippen LogP contribution in [0, 0.1) is 5.82 Å². The van der Waals surface area contributed by atoms with Crippen molar-refractivity contribution < 1.29 is 9.18 Å². The smallest absolute Gasteiger partial charge is 0.258 e. The summed E-state index contributed by atoms with van der Waals surface area (Å²) in [4.78, 5) is 33.8. The van der Waals surface area contributed by atoms with Gasteiger partial charge in [-0.15, -0.1) is 0 Å². The number of H-pyrrole nitrogens is 1. The number of amides is 1. The number of aromatic nitrogens is 2. The maximum absolute atomic E-state index is 13.6. The first-order valence-electron chi connectivity index (χ1n) is 8.10. The van der Waals surface area contributed by atoms with Crippen molar-refractivity contribution >= 4 is 32.7 Å². The zero-order chi connectivity index (χ0) is 18.8. The summed E-state index contributed by atoms with van der Waals surface area (Å²) in [6, 6.07) is 10.9. The molecule has 5 nitrogen and oxygen atoms in total. The Morgan fingerprint density at radius 2 is 2.00 bits per heavy atom. The first kappa shape index (κ1) is 18.3. The van der Waals surface area contributed by atoms with Gasteiger partial charge in [-0.2, -0.15) is 0 Å². The Hall–Kier alpha value is -2.54. The second kappa shape index (κ2) is 7.37. The van der Waals surface area contributed by atoms with Crippen molar-refractivity contribution in [2.75, 3.05) is 0 Å². The number of fused-ring (bicyclic) bond motifs is 1. The molecule has 0 spiro atoms. The van der Waals surface area contributed by atoms with Gasteiger partial charge < -0.3 is 9.88 Å². The molecule has 0 aliphatic rings. The number of hydrogen-bond acceptors (Lipinski definition) is 3. The number of nitrogens with zero attached hydrogens (tertiary/aromatic N) is 2. The van der Waals surface area contributed by atoms with E-state index in [9.17, 15) is 14.0 Å². The zero-order valence-corrected chi connectivity index (χ0v) is 15.9. The van der Waals surface area contributed by atoms with Gasteiger partial charge in [-0.3, -0.25) is 9.59 Å². The highest BCUT2D eigenvalue weighted by Crippen LogP contribution is 2.18. The Labute approximate surface area is 158 Å². The van der Waals surface area contributed by atoms with E-state index in [2.05, 4.69) is 25.9 Å². The maximum atomic E-state index is 13.6. The summed E-state index contributed by atoms with van der Waals surface area (Å²) in [5, 5.41) is 0.493. The third kappa shape index (κ3) is 3.83. The quantitative estimate of drug-likeness (QED) is 0.700. The molecule has 3 aromatic rings. The number of hydrogen-bond donors (Lipinski definition) is 1. The molecule has 1 N–H and O–H groups in total. The molecule has 0 fully saturated rings. The van der Waals surface area contributed by atoms with Gasteiger partial charge in [-0.25, -0.2) is 9.37 Å². The summed E-state index contributed by atoms with van der Waals surface area (Å²) in [6.07, 6.45) is 0. The number of para-hydroxylation sites is 1. The van der Waals surface area contributed by atoms with Crippen LogP contribution in [0.25, 0.3) is 10.9 Å². The average Bonchev–Trinajstić information content (AvgIpc) is 2.58. The average molecular weight is 418 g/mol. The number of halogens is 2. The van der Waals surface area contributed by atoms with E-state index in [1.807, 2.05) is 13.8 Å². The van der Waals surface area contributed by atoms with E-state index in [1.54, 1.807) is 30.3 Å². The predicted octanol–water partition coefficient (Wildman–Crippen LogP) is 3.88. The Bertz CT molecular complexity index is 1010. The standard InChI is InChI=1S/C19H17BrFN3O2/c1-11(2)24(19(26)12-7-13(20)9-14(21)8-12)10-17-22-16-6-4-3-5-15(16)18(25)23-17/h3-9,11H,10H2,1-2H3,(H,22,23,25). The molecule has 0 aliphatic carbocycles. The highest BCUT2D eigenvalue weighted by molar-refractivity contribution is 9.10. The number of aromatic amines is 1. The zero-order valence-electron chi connectivity index (χ0n) is 14.3. The van der Waals surface area contributed by atoms with Crippen molar-refractivity contribution in [3.05, 3.63) is 74.5 Å². The van der Waals surface area contributed by atoms with Gasteiger partial charge in [0.1, 0.15) is 11.6 Å². The van der Waals surface area contributed by atoms with Crippen molar-refractivity contribution in [1.29, 1.82) is 0 Å². The Kier molecular flexibility index (Phi) is 5.18. The van der Waals surface area contributed by atoms with E-state index in [1.165, 1.54) is 17.0 Å². The maximum Gasteiger partial charge on any atom is 0.258 e. The van der Waals surface area contributed by atoms with E-state index >= 15 is 0 Å². The lowest BCUT2D eigenvalue weighted by atomic mass is 10.1. The lowest BCUT2D eigenvalue weighted by molar-refractivity contribution is 0.0684. The van der Waals surface area contributed by atoms with Gasteiger partial charge in [-0.05, 0) is 44.2 Å². The molecule has 1 aromatic heterocycles. The fourth-order valence-electron chi connectivity index (χ4n) is 2.70. The molecule has 7 heteroatoms. The molecular weight excluding hydrogens is 401 g/mol. The van der Waals surface area contributed by atoms with E-state index in [0.29, 0.717) is 21.2 Å². The summed E-state index contributed by atoms with van der Waals surface area (Å²) in [7, 11) is 0. The molecule has 0 unspecified atom stereocenters. The fourth-order valence-corrected chi connectivity index (χ4v) is 3.17. The van der Waals surface area contributed by atoms with Crippen LogP contribution in [0.2, 0.25) is 0 Å². The lowest BCUT2D eigenvalue weighted by Gasteiger charge is -2.26. The number of carbonyl (C=O) groups excluding carboxylic acids is 1. The Balaban J connectivity index is 1.96. The highest BCUT2D eigenvalue weighted by Gasteiger charge is 2.21. The highest BCUT2D eigenvalue weighted by atomic mass is 79.9. The lowest BCUT2D eigenvalue weighted by Crippen LogP contribution is -2.37. The summed E-state index contributed by atoms with van der Waals surface area (Å²) < 4.78 is 14.1. The second-order valence-electron chi connectivity index (χ2n) is 6.21. The monoisotopic (exact) mass is 417 g/mol. The molecular formula is C19H17BrFN3O2. The van der Waals surface area contributed by atoms with Gasteiger partial charge in [0.15, 0.2) is 0 Å². The van der Waals surface area contributed by atoms with E-state index in [4.69, 9.17) is 0 Å². The van der Waals surface area contributed by atoms with Crippen LogP contribution in [0.3, 0.4) is 0 Å². The van der Waals surface area contributed by atoms with Crippen LogP contribution >= 0.6 is 15.9 Å². The molecule has 26 heavy (non-hydrogen) atoms. The van der Waals surface area contributed by atoms with Crippen molar-refractivity contribution in [1.82, 2.24) is 14.9 Å². The molecule has 0 saturated carbocycles. The summed E-state index contributed by atoms with van der Waals surface area (Å²) in [6.45, 7) is 3.82. The summed E-state index contributed by atoms with van der Waals surface area (Å²) in [5.74, 6) is -0.453. The van der Waals surface area contributed by atoms with Gasteiger partial charge >= 0.3 is 0 Å². The number of carbonyl (C=O) groups is 1. The fraction of sp³-hybridized carbons (Fsp3) is 0.211. The van der Waals surface area contributed by atoms with Crippen LogP contribution in [0.15, 0.2) is 51.7 Å². The van der Waals surface area contributed by atoms with Crippen molar-refractivity contribution in [3.8, 4) is 0 Å². The minimum Gasteiger partial charge on any atom is -0.329 e. The molecule has 3 rings (SSSR count). The first-order chi connectivity index (χ1) is 12.3. The number of benzene rings is 2. The van der Waals surface area contributed by atoms with Crippen LogP contribution < -0.4 is 5.56 Å². The van der Waals surface area contributed by atoms with Gasteiger partial charge in [0, 0.05) is 16.1 Å². The van der Waals surface area contributed by atoms with Crippen molar-refractivity contribution in [2.45, 2.75) is 26.4 Å². The molecule has 2 aromatic carbocycles. The molecule has 1 heterocycles. The third-order valence-corrected chi connectivity index (χ3v) is 4.43. The Morgan fingerprint density at radius 1 is 1.27 bits per heavy atom. The molecule has 0 aliphatic heterocycles. The van der Waals surface area contributed by atoms with Crippen LogP contribution in [0.4, 0.5) is 4.39 Å². The minimum absolute atomic E-state index is 0.116. The third-order valence-electron chi connectivity index (χ3n) is 3.98. The minimum atomic E-state index is -0.497. The van der Waals surface area contributed by atoms with Crippen molar-refractivity contribution in [3.63, 3.8) is 0 Å². The molecule has 134 valence electrons. The SMILES string of the molecule is CC(C)N(Cc1nc2ccccc2c(=O)[nH]1)C(=O)c1cc(F)cc(Br)c1. The summed E-state index contributed by atoms with van der Waals surface area (Å²) >= 11 is 3.20. The normalized spacial score (nSPS) is 11.1. The van der Waals surface area contributed by atoms with Crippen LogP contribution in [0.1, 0.15) is 30.0 Å². The van der Waals surface area contributed by atoms with Crippen LogP contribution in [0.5, 0.6) is 0 Å². The Morgan fingerprint density at radius 3 is 2.69 bits per heavy atom. The molecule has 0 atom stereocenters. The van der Waals surface area contributed by atoms with E-state index in [-0.39, 0.29) is 29.6 Å². The summed E-state index contributed by atoms with van der Waals surface area (Å²) in [5.41, 5.74) is 0.542. The van der Waals surface area contributed by atoms with Crippen LogP contribution in [-0.2, 0) is 6.54 Å². The topological polar surface area (TPSA) is 66.1 Å². The molecule has 0 radical (unpaired) electrons. The molecule has 1 amide bonds. The molecule has 0 saturated heterocycles. The van der Waals surface area contributed by atoms with E-state index in [0.717, 1.165) is 0 Å². The van der Waals surface area contributed by atoms with Gasteiger partial charge in [-0.1, -0.05) is 28.1 Å². The van der Waals surface area contributed by atoms with Gasteiger partial charge in [0.05, 0.1) is 17.4 Å². The first-order valence-corrected chi connectivity index (χ1v) is 8.89. The second-order valence-corrected chi connectivity index (χ2v) is 7.13.